The van der Waals surface area contributed by atoms with Crippen LogP contribution in [0.25, 0.3) is 134 Å². The maximum atomic E-state index is 9.87. The molecule has 20 rings (SSSR count). The molecule has 0 aliphatic carbocycles. The lowest BCUT2D eigenvalue weighted by Gasteiger charge is -2.46. The second kappa shape index (κ2) is 31.6. The lowest BCUT2D eigenvalue weighted by molar-refractivity contribution is 0.569. The highest BCUT2D eigenvalue weighted by atomic mass is 15.2. The van der Waals surface area contributed by atoms with E-state index in [9.17, 15) is 11.0 Å². The van der Waals surface area contributed by atoms with Crippen LogP contribution in [0.5, 0.6) is 0 Å². The summed E-state index contributed by atoms with van der Waals surface area (Å²) in [5, 5.41) is 4.39. The molecule has 18 aromatic rings. The molecule has 7 nitrogen and oxygen atoms in total. The Kier molecular flexibility index (Phi) is 18.1. The van der Waals surface area contributed by atoms with Crippen molar-refractivity contribution in [3.8, 4) is 90.0 Å². The van der Waals surface area contributed by atoms with Crippen molar-refractivity contribution in [2.45, 2.75) is 209 Å². The van der Waals surface area contributed by atoms with Crippen LogP contribution in [0.1, 0.15) is 224 Å². The van der Waals surface area contributed by atoms with Crippen LogP contribution in [-0.4, -0.2) is 30.8 Å². The monoisotopic (exact) mass is 1740 g/mol. The summed E-state index contributed by atoms with van der Waals surface area (Å²) in [5.41, 5.74) is 27.5. The van der Waals surface area contributed by atoms with Gasteiger partial charge in [0, 0.05) is 83.4 Å². The van der Waals surface area contributed by atoms with E-state index < -0.39 is 72.6 Å². The van der Waals surface area contributed by atoms with Crippen molar-refractivity contribution in [1.29, 1.82) is 0 Å². The van der Waals surface area contributed by atoms with Crippen LogP contribution in [0.2, 0.25) is 0 Å². The fourth-order valence-electron chi connectivity index (χ4n) is 19.8. The number of nitrogens with zero attached hydrogens (tertiary/aromatic N) is 7. The Balaban J connectivity index is 1.05. The molecule has 0 spiro atoms. The summed E-state index contributed by atoms with van der Waals surface area (Å²) in [6.45, 7) is 53.9. The first-order chi connectivity index (χ1) is 67.1. The maximum absolute atomic E-state index is 9.87. The van der Waals surface area contributed by atoms with Crippen LogP contribution in [0.3, 0.4) is 0 Å². The van der Waals surface area contributed by atoms with Gasteiger partial charge in [-0.15, -0.1) is 0 Å². The molecule has 3 aromatic heterocycles. The van der Waals surface area contributed by atoms with Crippen LogP contribution in [0, 0.1) is 0 Å². The Morgan fingerprint density at radius 3 is 0.902 bits per heavy atom. The van der Waals surface area contributed by atoms with Crippen molar-refractivity contribution >= 4 is 101 Å². The number of benzene rings is 15. The van der Waals surface area contributed by atoms with E-state index in [1.807, 2.05) is 18.2 Å². The first kappa shape index (κ1) is 76.2. The molecule has 0 bridgehead atoms. The topological polar surface area (TPSA) is 55.0 Å². The zero-order valence-electron chi connectivity index (χ0n) is 91.5. The lowest BCUT2D eigenvalue weighted by Crippen LogP contribution is -2.61. The molecule has 662 valence electrons. The number of anilines is 6. The summed E-state index contributed by atoms with van der Waals surface area (Å²) in [6.07, 6.45) is 0. The highest BCUT2D eigenvalue weighted by Crippen LogP contribution is 2.57. The van der Waals surface area contributed by atoms with E-state index >= 15 is 0 Å². The average Bonchev–Trinajstić information content (AvgIpc) is 1.42. The Labute approximate surface area is 802 Å². The summed E-state index contributed by atoms with van der Waals surface area (Å²) >= 11 is 0. The molecule has 8 heteroatoms. The van der Waals surface area contributed by atoms with Gasteiger partial charge >= 0.3 is 0 Å². The third kappa shape index (κ3) is 15.7. The summed E-state index contributed by atoms with van der Waals surface area (Å²) < 4.78 is 99.8. The summed E-state index contributed by atoms with van der Waals surface area (Å²) in [4.78, 5) is 21.2. The predicted molar refractivity (Wildman–Crippen MR) is 570 cm³/mol. The van der Waals surface area contributed by atoms with E-state index in [4.69, 9.17) is 17.7 Å². The predicted octanol–water partition coefficient (Wildman–Crippen LogP) is 32.2. The second-order valence-corrected chi connectivity index (χ2v) is 45.2. The van der Waals surface area contributed by atoms with Gasteiger partial charge < -0.3 is 18.9 Å². The van der Waals surface area contributed by atoms with E-state index in [0.29, 0.717) is 11.3 Å². The van der Waals surface area contributed by atoms with E-state index in [1.54, 1.807) is 0 Å². The second-order valence-electron chi connectivity index (χ2n) is 45.2. The normalized spacial score (nSPS) is 14.4. The maximum Gasteiger partial charge on any atom is 0.252 e. The third-order valence-electron chi connectivity index (χ3n) is 27.5. The minimum absolute atomic E-state index is 0.0891. The minimum atomic E-state index is -0.681. The van der Waals surface area contributed by atoms with Gasteiger partial charge in [0.1, 0.15) is 0 Å². The van der Waals surface area contributed by atoms with Gasteiger partial charge in [-0.1, -0.05) is 378 Å². The average molecular weight is 1750 g/mol. The fraction of sp³-hybridized carbons (Fsp3) is 0.256. The number of rotatable bonds is 11. The zero-order chi connectivity index (χ0) is 102. The highest BCUT2D eigenvalue weighted by molar-refractivity contribution is 7.00. The van der Waals surface area contributed by atoms with Crippen molar-refractivity contribution in [2.75, 3.05) is 9.80 Å². The molecule has 0 saturated carbocycles. The molecule has 0 atom stereocenters. The molecular weight excluding hydrogens is 1610 g/mol. The number of aromatic nitrogens is 5. The van der Waals surface area contributed by atoms with Gasteiger partial charge in [-0.2, -0.15) is 0 Å². The van der Waals surface area contributed by atoms with Gasteiger partial charge in [0.25, 0.3) is 6.71 Å². The number of hydrogen-bond acceptors (Lipinski definition) is 5. The van der Waals surface area contributed by atoms with Crippen LogP contribution in [0.15, 0.2) is 315 Å². The summed E-state index contributed by atoms with van der Waals surface area (Å²) in [6, 6.07) is 89.4. The first-order valence-electron chi connectivity index (χ1n) is 52.0. The van der Waals surface area contributed by atoms with Gasteiger partial charge in [-0.05, 0) is 235 Å². The molecule has 0 N–H and O–H groups in total. The number of hydrogen-bond donors (Lipinski definition) is 0. The molecule has 133 heavy (non-hydrogen) atoms. The SMILES string of the molecule is [2H]c1c([2H])c([2H])c(-c2nc(-c3cc(C(C)(C)C)cc(-c4ccccc4)c3N3c4cc(-n5c6ccc(C(C)(C)C)cc6c6cc(C(C)(C)C)ccc65)ccc4B4c5ccc(-c6cc(C(C)(C)C)cc(C(C)(C)C)c6)cc5N(c5c(-c6ccccc6)cc(C(C)(C)C)cc5-c5ccccc5)c5cc(-n6c7ccc(C(C)(C)C)cc7c7cc(C(C)(C)C)ccc76)cc3c54)nc(-c3c([2H])c([2H])c([2H])c([2H])c3[2H])n2)c([2H])c1[2H]. The van der Waals surface area contributed by atoms with E-state index in [2.05, 4.69) is 422 Å². The molecule has 0 saturated heterocycles. The molecule has 0 fully saturated rings. The Bertz CT molecular complexity index is 7970. The first-order valence-corrected chi connectivity index (χ1v) is 47.0. The Morgan fingerprint density at radius 2 is 0.541 bits per heavy atom. The van der Waals surface area contributed by atoms with Gasteiger partial charge in [0.2, 0.25) is 0 Å². The largest absolute Gasteiger partial charge is 0.310 e. The smallest absolute Gasteiger partial charge is 0.252 e. The summed E-state index contributed by atoms with van der Waals surface area (Å²) in [5.74, 6) is -0.864. The van der Waals surface area contributed by atoms with E-state index in [0.717, 1.165) is 155 Å². The van der Waals surface area contributed by atoms with Gasteiger partial charge in [-0.3, -0.25) is 0 Å². The zero-order valence-corrected chi connectivity index (χ0v) is 81.5. The molecular formula is C125H124BN7. The van der Waals surface area contributed by atoms with Gasteiger partial charge in [0.05, 0.1) is 52.8 Å². The molecule has 0 amide bonds. The van der Waals surface area contributed by atoms with E-state index in [-0.39, 0.29) is 66.5 Å². The Morgan fingerprint density at radius 1 is 0.233 bits per heavy atom. The van der Waals surface area contributed by atoms with Crippen LogP contribution in [-0.2, 0) is 43.3 Å². The summed E-state index contributed by atoms with van der Waals surface area (Å²) in [7, 11) is 0. The molecule has 0 unspecified atom stereocenters. The third-order valence-corrected chi connectivity index (χ3v) is 27.5. The molecule has 0 radical (unpaired) electrons. The van der Waals surface area contributed by atoms with Gasteiger partial charge in [0.15, 0.2) is 17.5 Å². The molecule has 5 heterocycles. The van der Waals surface area contributed by atoms with Crippen LogP contribution in [0.4, 0.5) is 34.1 Å². The highest BCUT2D eigenvalue weighted by Gasteiger charge is 2.47. The fourth-order valence-corrected chi connectivity index (χ4v) is 19.8. The van der Waals surface area contributed by atoms with Gasteiger partial charge in [-0.25, -0.2) is 15.0 Å². The van der Waals surface area contributed by atoms with E-state index in [1.165, 1.54) is 33.4 Å². The molecule has 2 aliphatic heterocycles. The van der Waals surface area contributed by atoms with Crippen molar-refractivity contribution in [3.05, 3.63) is 360 Å². The van der Waals surface area contributed by atoms with Crippen molar-refractivity contribution in [2.24, 2.45) is 0 Å². The lowest BCUT2D eigenvalue weighted by atomic mass is 9.33. The van der Waals surface area contributed by atoms with Crippen LogP contribution >= 0.6 is 0 Å². The molecule has 15 aromatic carbocycles. The standard InChI is InChI=1S/C125H124BN7/c1-118(2,3)84-51-58-104-97(66-84)98-67-85(119(4,5)6)52-59-105(98)130(104)92-55-57-103-109(74-92)133(114-96(79-44-34-27-35-45-79)72-91(125(22,23)24)73-101(114)117-128-115(80-46-36-28-37-47-80)127-116(129-117)81-48-38-29-39-49-81)111-76-93(131-106-60-53-86(120(7,8)9)68-99(106)100-69-87(121(10,11)12)54-61-107(100)131)75-110-112(111)126(103)102-56-50-82(83-62-88(122(13,14)15)65-89(63-83)123(16,17)18)64-108(102)132(110)113-94(77-40-30-25-31-41-77)70-90(124(19,20)21)71-95(113)78-42-32-26-33-43-78/h25-76H,1-24H3/i28D,29D,36D,37D,38D,39D,46D,47D,48D,49D. The number of fused-ring (bicyclic) bond motifs is 10. The van der Waals surface area contributed by atoms with Crippen molar-refractivity contribution < 1.29 is 13.7 Å². The quantitative estimate of drug-likeness (QED) is 0.121. The van der Waals surface area contributed by atoms with Crippen molar-refractivity contribution in [1.82, 2.24) is 24.1 Å². The van der Waals surface area contributed by atoms with Crippen molar-refractivity contribution in [3.63, 3.8) is 0 Å². The van der Waals surface area contributed by atoms with Crippen LogP contribution < -0.4 is 26.2 Å². The Hall–Kier alpha value is -13.4. The minimum Gasteiger partial charge on any atom is -0.310 e. The molecule has 2 aliphatic rings.